The van der Waals surface area contributed by atoms with E-state index >= 15 is 0 Å². The maximum atomic E-state index is 13.7. The second kappa shape index (κ2) is 9.84. The lowest BCUT2D eigenvalue weighted by Gasteiger charge is -2.23. The normalized spacial score (nSPS) is 13.9. The summed E-state index contributed by atoms with van der Waals surface area (Å²) < 4.78 is 27.3. The van der Waals surface area contributed by atoms with Gasteiger partial charge in [0.05, 0.1) is 27.6 Å². The van der Waals surface area contributed by atoms with Gasteiger partial charge in [0, 0.05) is 17.1 Å². The van der Waals surface area contributed by atoms with Crippen molar-refractivity contribution in [3.05, 3.63) is 124 Å². The van der Waals surface area contributed by atoms with Crippen LogP contribution in [0.1, 0.15) is 37.4 Å². The number of anilines is 1. The molecule has 8 heteroatoms. The first-order valence-electron chi connectivity index (χ1n) is 11.6. The molecule has 0 aliphatic carbocycles. The molecule has 37 heavy (non-hydrogen) atoms. The number of aryl methyl sites for hydroxylation is 1. The van der Waals surface area contributed by atoms with Crippen molar-refractivity contribution in [1.82, 2.24) is 5.32 Å². The minimum absolute atomic E-state index is 0.0390. The van der Waals surface area contributed by atoms with Gasteiger partial charge >= 0.3 is 0 Å². The number of amides is 2. The van der Waals surface area contributed by atoms with Crippen LogP contribution >= 0.6 is 11.6 Å². The van der Waals surface area contributed by atoms with Crippen molar-refractivity contribution in [3.63, 3.8) is 0 Å². The molecule has 4 aromatic rings. The fraction of sp³-hybridized carbons (Fsp3) is 0.103. The van der Waals surface area contributed by atoms with Crippen molar-refractivity contribution < 1.29 is 18.0 Å². The molecule has 6 nitrogen and oxygen atoms in total. The molecule has 0 bridgehead atoms. The molecule has 0 saturated heterocycles. The average molecular weight is 531 g/mol. The Morgan fingerprint density at radius 2 is 1.62 bits per heavy atom. The van der Waals surface area contributed by atoms with Gasteiger partial charge in [-0.2, -0.15) is 0 Å². The largest absolute Gasteiger partial charge is 0.348 e. The number of sulfone groups is 1. The molecule has 1 aliphatic rings. The summed E-state index contributed by atoms with van der Waals surface area (Å²) >= 11 is 6.17. The van der Waals surface area contributed by atoms with E-state index in [0.717, 1.165) is 16.7 Å². The van der Waals surface area contributed by atoms with Crippen LogP contribution in [0, 0.1) is 6.92 Å². The van der Waals surface area contributed by atoms with E-state index in [2.05, 4.69) is 5.32 Å². The molecule has 0 radical (unpaired) electrons. The Labute approximate surface area is 220 Å². The predicted octanol–water partition coefficient (Wildman–Crippen LogP) is 5.57. The smallest absolute Gasteiger partial charge is 0.259 e. The Morgan fingerprint density at radius 1 is 0.865 bits per heavy atom. The molecule has 2 amide bonds. The van der Waals surface area contributed by atoms with Crippen LogP contribution in [-0.4, -0.2) is 20.2 Å². The van der Waals surface area contributed by atoms with E-state index in [0.29, 0.717) is 11.6 Å². The molecular weight excluding hydrogens is 508 g/mol. The number of benzene rings is 4. The van der Waals surface area contributed by atoms with Crippen LogP contribution in [-0.2, 0) is 22.9 Å². The van der Waals surface area contributed by atoms with E-state index in [1.807, 2.05) is 37.3 Å². The van der Waals surface area contributed by atoms with Crippen LogP contribution in [0.5, 0.6) is 0 Å². The first-order chi connectivity index (χ1) is 17.7. The Hall–Kier alpha value is -3.94. The fourth-order valence-corrected chi connectivity index (χ4v) is 6.16. The Morgan fingerprint density at radius 3 is 2.38 bits per heavy atom. The molecule has 0 saturated carbocycles. The van der Waals surface area contributed by atoms with Gasteiger partial charge in [-0.3, -0.25) is 9.59 Å². The van der Waals surface area contributed by atoms with Crippen molar-refractivity contribution in [2.75, 3.05) is 4.90 Å². The Balaban J connectivity index is 1.57. The third kappa shape index (κ3) is 4.88. The number of hydrogen-bond acceptors (Lipinski definition) is 4. The van der Waals surface area contributed by atoms with Gasteiger partial charge in [0.25, 0.3) is 11.8 Å². The molecule has 0 aromatic heterocycles. The van der Waals surface area contributed by atoms with E-state index in [1.165, 1.54) is 35.2 Å². The van der Waals surface area contributed by atoms with Gasteiger partial charge < -0.3 is 10.2 Å². The zero-order valence-electron chi connectivity index (χ0n) is 19.9. The quantitative estimate of drug-likeness (QED) is 0.365. The van der Waals surface area contributed by atoms with Crippen molar-refractivity contribution in [3.8, 4) is 0 Å². The van der Waals surface area contributed by atoms with Gasteiger partial charge in [-0.1, -0.05) is 65.7 Å². The standard InChI is InChI=1S/C29H23ClN2O4S/c1-19-9-11-20(12-10-19)17-31-28(33)22-13-14-27-25(16-22)32(18-21-5-4-6-23(30)15-21)29(34)24-7-2-3-8-26(24)37(27,35)36/h2-16H,17-18H2,1H3,(H,31,33). The predicted molar refractivity (Wildman–Crippen MR) is 143 cm³/mol. The molecule has 0 fully saturated rings. The lowest BCUT2D eigenvalue weighted by Crippen LogP contribution is -2.31. The summed E-state index contributed by atoms with van der Waals surface area (Å²) in [7, 11) is -4.03. The maximum absolute atomic E-state index is 13.7. The monoisotopic (exact) mass is 530 g/mol. The second-order valence-electron chi connectivity index (χ2n) is 8.87. The first kappa shape index (κ1) is 24.7. The van der Waals surface area contributed by atoms with Gasteiger partial charge in [0.15, 0.2) is 0 Å². The number of rotatable bonds is 5. The minimum atomic E-state index is -4.03. The van der Waals surface area contributed by atoms with Crippen molar-refractivity contribution in [2.24, 2.45) is 0 Å². The number of halogens is 1. The van der Waals surface area contributed by atoms with E-state index in [1.54, 1.807) is 30.3 Å². The highest BCUT2D eigenvalue weighted by Gasteiger charge is 2.36. The molecular formula is C29H23ClN2O4S. The van der Waals surface area contributed by atoms with E-state index in [4.69, 9.17) is 11.6 Å². The van der Waals surface area contributed by atoms with Crippen LogP contribution in [0.4, 0.5) is 5.69 Å². The molecule has 186 valence electrons. The maximum Gasteiger partial charge on any atom is 0.259 e. The third-order valence-corrected chi connectivity index (χ3v) is 8.35. The molecule has 0 unspecified atom stereocenters. The fourth-order valence-electron chi connectivity index (χ4n) is 4.31. The van der Waals surface area contributed by atoms with Crippen LogP contribution in [0.25, 0.3) is 0 Å². The number of nitrogens with zero attached hydrogens (tertiary/aromatic N) is 1. The molecule has 0 atom stereocenters. The minimum Gasteiger partial charge on any atom is -0.348 e. The lowest BCUT2D eigenvalue weighted by molar-refractivity contribution is 0.0947. The first-order valence-corrected chi connectivity index (χ1v) is 13.5. The number of hydrogen-bond donors (Lipinski definition) is 1. The van der Waals surface area contributed by atoms with Gasteiger partial charge in [0.2, 0.25) is 9.84 Å². The van der Waals surface area contributed by atoms with E-state index in [9.17, 15) is 18.0 Å². The molecule has 1 heterocycles. The Kier molecular flexibility index (Phi) is 6.58. The van der Waals surface area contributed by atoms with Gasteiger partial charge in [0.1, 0.15) is 0 Å². The summed E-state index contributed by atoms with van der Waals surface area (Å²) in [4.78, 5) is 28.1. The summed E-state index contributed by atoms with van der Waals surface area (Å²) in [5, 5.41) is 3.37. The van der Waals surface area contributed by atoms with E-state index in [-0.39, 0.29) is 39.1 Å². The zero-order chi connectivity index (χ0) is 26.2. The average Bonchev–Trinajstić information content (AvgIpc) is 2.96. The van der Waals surface area contributed by atoms with Crippen molar-refractivity contribution >= 4 is 38.9 Å². The highest BCUT2D eigenvalue weighted by atomic mass is 35.5. The van der Waals surface area contributed by atoms with Gasteiger partial charge in [-0.15, -0.1) is 0 Å². The topological polar surface area (TPSA) is 83.6 Å². The molecule has 0 spiro atoms. The SMILES string of the molecule is Cc1ccc(CNC(=O)c2ccc3c(c2)N(Cc2cccc(Cl)c2)C(=O)c2ccccc2S3(=O)=O)cc1. The van der Waals surface area contributed by atoms with E-state index < -0.39 is 15.7 Å². The molecule has 1 aliphatic heterocycles. The summed E-state index contributed by atoms with van der Waals surface area (Å²) in [5.74, 6) is -0.854. The van der Waals surface area contributed by atoms with Crippen LogP contribution < -0.4 is 10.2 Å². The second-order valence-corrected chi connectivity index (χ2v) is 11.2. The number of fused-ring (bicyclic) bond motifs is 2. The Bertz CT molecular complexity index is 1630. The molecule has 1 N–H and O–H groups in total. The highest BCUT2D eigenvalue weighted by Crippen LogP contribution is 2.38. The van der Waals surface area contributed by atoms with Gasteiger partial charge in [-0.25, -0.2) is 8.42 Å². The lowest BCUT2D eigenvalue weighted by atomic mass is 10.1. The number of nitrogens with one attached hydrogen (secondary N) is 1. The van der Waals surface area contributed by atoms with Crippen LogP contribution in [0.2, 0.25) is 5.02 Å². The zero-order valence-corrected chi connectivity index (χ0v) is 21.5. The molecule has 4 aromatic carbocycles. The van der Waals surface area contributed by atoms with Crippen LogP contribution in [0.15, 0.2) is 101 Å². The number of carbonyl (C=O) groups excluding carboxylic acids is 2. The molecule has 5 rings (SSSR count). The van der Waals surface area contributed by atoms with Gasteiger partial charge in [-0.05, 0) is 60.5 Å². The summed E-state index contributed by atoms with van der Waals surface area (Å²) in [5.41, 5.74) is 3.24. The summed E-state index contributed by atoms with van der Waals surface area (Å²) in [6.45, 7) is 2.37. The number of carbonyl (C=O) groups is 2. The van der Waals surface area contributed by atoms with Crippen molar-refractivity contribution in [2.45, 2.75) is 29.8 Å². The summed E-state index contributed by atoms with van der Waals surface area (Å²) in [6.07, 6.45) is 0. The highest BCUT2D eigenvalue weighted by molar-refractivity contribution is 7.91. The van der Waals surface area contributed by atoms with Crippen molar-refractivity contribution in [1.29, 1.82) is 0 Å². The third-order valence-electron chi connectivity index (χ3n) is 6.26. The summed E-state index contributed by atoms with van der Waals surface area (Å²) in [6, 6.07) is 25.3. The van der Waals surface area contributed by atoms with Crippen LogP contribution in [0.3, 0.4) is 0 Å².